The van der Waals surface area contributed by atoms with E-state index in [0.717, 1.165) is 6.42 Å². The van der Waals surface area contributed by atoms with Crippen LogP contribution in [-0.4, -0.2) is 10.9 Å². The van der Waals surface area contributed by atoms with Crippen molar-refractivity contribution in [3.63, 3.8) is 0 Å². The summed E-state index contributed by atoms with van der Waals surface area (Å²) in [6.07, 6.45) is 4.33. The molecule has 0 aromatic heterocycles. The van der Waals surface area contributed by atoms with Crippen molar-refractivity contribution < 1.29 is 9.90 Å². The predicted octanol–water partition coefficient (Wildman–Crippen LogP) is 3.67. The van der Waals surface area contributed by atoms with Crippen molar-refractivity contribution in [3.05, 3.63) is 59.4 Å². The zero-order valence-electron chi connectivity index (χ0n) is 10.1. The van der Waals surface area contributed by atoms with E-state index in [4.69, 9.17) is 0 Å². The molecule has 0 fully saturated rings. The van der Waals surface area contributed by atoms with Crippen LogP contribution in [0.5, 0.6) is 0 Å². The van der Waals surface area contributed by atoms with Crippen LogP contribution in [0.25, 0.3) is 0 Å². The number of aliphatic hydroxyl groups is 1. The number of carbonyl (C=O) groups excluding carboxylic acids is 1. The van der Waals surface area contributed by atoms with Crippen molar-refractivity contribution in [2.75, 3.05) is 0 Å². The van der Waals surface area contributed by atoms with Gasteiger partial charge in [-0.25, -0.2) is 0 Å². The molecule has 1 aromatic rings. The third kappa shape index (κ3) is 2.47. The Bertz CT molecular complexity index is 493. The minimum Gasteiger partial charge on any atom is -0.508 e. The second-order valence-corrected chi connectivity index (χ2v) is 5.04. The van der Waals surface area contributed by atoms with Gasteiger partial charge in [0.2, 0.25) is 0 Å². The lowest BCUT2D eigenvalue weighted by molar-refractivity contribution is 0.102. The van der Waals surface area contributed by atoms with E-state index in [9.17, 15) is 9.90 Å². The van der Waals surface area contributed by atoms with Gasteiger partial charge in [0.1, 0.15) is 5.76 Å². The average molecular weight is 228 g/mol. The minimum absolute atomic E-state index is 0.0774. The maximum atomic E-state index is 12.2. The lowest BCUT2D eigenvalue weighted by Gasteiger charge is -2.24. The fourth-order valence-electron chi connectivity index (χ4n) is 1.92. The molecule has 1 aliphatic carbocycles. The molecule has 0 saturated carbocycles. The summed E-state index contributed by atoms with van der Waals surface area (Å²) >= 11 is 0. The van der Waals surface area contributed by atoms with Gasteiger partial charge in [-0.1, -0.05) is 50.3 Å². The van der Waals surface area contributed by atoms with E-state index in [-0.39, 0.29) is 17.0 Å². The van der Waals surface area contributed by atoms with Crippen molar-refractivity contribution >= 4 is 5.78 Å². The topological polar surface area (TPSA) is 37.3 Å². The molecule has 0 spiro atoms. The van der Waals surface area contributed by atoms with E-state index in [1.54, 1.807) is 18.2 Å². The number of ketones is 1. The molecule has 1 aliphatic rings. The van der Waals surface area contributed by atoms with Gasteiger partial charge < -0.3 is 5.11 Å². The Hall–Kier alpha value is -1.83. The fourth-order valence-corrected chi connectivity index (χ4v) is 1.92. The molecule has 1 aromatic carbocycles. The molecule has 1 N–H and O–H groups in total. The molecule has 0 bridgehead atoms. The number of Topliss-reactive ketones (excluding diaryl/α,β-unsaturated/α-hetero) is 1. The normalized spacial score (nSPS) is 18.2. The summed E-state index contributed by atoms with van der Waals surface area (Å²) in [6.45, 7) is 4.10. The highest BCUT2D eigenvalue weighted by Crippen LogP contribution is 2.32. The van der Waals surface area contributed by atoms with Crippen molar-refractivity contribution in [1.82, 2.24) is 0 Å². The van der Waals surface area contributed by atoms with Gasteiger partial charge in [0, 0.05) is 5.56 Å². The zero-order valence-corrected chi connectivity index (χ0v) is 10.1. The summed E-state index contributed by atoms with van der Waals surface area (Å²) in [7, 11) is 0. The van der Waals surface area contributed by atoms with Crippen LogP contribution in [0.3, 0.4) is 0 Å². The van der Waals surface area contributed by atoms with Gasteiger partial charge in [-0.15, -0.1) is 0 Å². The Morgan fingerprint density at radius 3 is 2.53 bits per heavy atom. The average Bonchev–Trinajstić information content (AvgIpc) is 2.33. The molecule has 2 heteroatoms. The summed E-state index contributed by atoms with van der Waals surface area (Å²) in [5.74, 6) is -0.0229. The molecular weight excluding hydrogens is 212 g/mol. The molecule has 0 heterocycles. The van der Waals surface area contributed by atoms with Crippen molar-refractivity contribution in [1.29, 1.82) is 0 Å². The molecule has 2 nitrogen and oxygen atoms in total. The number of aliphatic hydroxyl groups excluding tert-OH is 1. The first-order valence-electron chi connectivity index (χ1n) is 5.72. The summed E-state index contributed by atoms with van der Waals surface area (Å²) < 4.78 is 0. The Labute approximate surface area is 101 Å². The van der Waals surface area contributed by atoms with E-state index in [1.807, 2.05) is 38.1 Å². The zero-order chi connectivity index (χ0) is 12.5. The SMILES string of the molecule is CC1(C)C=C(C(=O)c2ccccc2)C(O)=CC1. The maximum Gasteiger partial charge on any atom is 0.196 e. The van der Waals surface area contributed by atoms with Gasteiger partial charge in [-0.05, 0) is 17.9 Å². The van der Waals surface area contributed by atoms with Crippen LogP contribution < -0.4 is 0 Å². The van der Waals surface area contributed by atoms with Crippen molar-refractivity contribution in [2.45, 2.75) is 20.3 Å². The second-order valence-electron chi connectivity index (χ2n) is 5.04. The molecular formula is C15H16O2. The molecule has 17 heavy (non-hydrogen) atoms. The number of hydrogen-bond donors (Lipinski definition) is 1. The number of benzene rings is 1. The monoisotopic (exact) mass is 228 g/mol. The standard InChI is InChI=1S/C15H16O2/c1-15(2)9-8-13(16)12(10-15)14(17)11-6-4-3-5-7-11/h3-8,10,16H,9H2,1-2H3. The fraction of sp³-hybridized carbons (Fsp3) is 0.267. The Morgan fingerprint density at radius 1 is 1.24 bits per heavy atom. The highest BCUT2D eigenvalue weighted by atomic mass is 16.3. The van der Waals surface area contributed by atoms with Gasteiger partial charge >= 0.3 is 0 Å². The van der Waals surface area contributed by atoms with E-state index in [2.05, 4.69) is 0 Å². The lowest BCUT2D eigenvalue weighted by Crippen LogP contribution is -2.17. The molecule has 0 radical (unpaired) electrons. The predicted molar refractivity (Wildman–Crippen MR) is 68.0 cm³/mol. The summed E-state index contributed by atoms with van der Waals surface area (Å²) in [5.41, 5.74) is 0.940. The molecule has 0 atom stereocenters. The molecule has 88 valence electrons. The van der Waals surface area contributed by atoms with Gasteiger partial charge in [-0.2, -0.15) is 0 Å². The molecule has 2 rings (SSSR count). The number of carbonyl (C=O) groups is 1. The van der Waals surface area contributed by atoms with Gasteiger partial charge in [-0.3, -0.25) is 4.79 Å². The highest BCUT2D eigenvalue weighted by molar-refractivity contribution is 6.11. The smallest absolute Gasteiger partial charge is 0.196 e. The molecule has 0 aliphatic heterocycles. The van der Waals surface area contributed by atoms with Crippen molar-refractivity contribution in [2.24, 2.45) is 5.41 Å². The largest absolute Gasteiger partial charge is 0.508 e. The van der Waals surface area contributed by atoms with E-state index in [0.29, 0.717) is 11.1 Å². The third-order valence-electron chi connectivity index (χ3n) is 2.91. The third-order valence-corrected chi connectivity index (χ3v) is 2.91. The maximum absolute atomic E-state index is 12.2. The molecule has 0 saturated heterocycles. The quantitative estimate of drug-likeness (QED) is 0.784. The second kappa shape index (κ2) is 4.21. The number of rotatable bonds is 2. The Balaban J connectivity index is 2.37. The Kier molecular flexibility index (Phi) is 2.88. The first kappa shape index (κ1) is 11.6. The van der Waals surface area contributed by atoms with Gasteiger partial charge in [0.05, 0.1) is 5.57 Å². The van der Waals surface area contributed by atoms with Gasteiger partial charge in [0.25, 0.3) is 0 Å². The summed E-state index contributed by atoms with van der Waals surface area (Å²) in [6, 6.07) is 9.03. The minimum atomic E-state index is -0.118. The van der Waals surface area contributed by atoms with E-state index in [1.165, 1.54) is 0 Å². The molecule has 0 amide bonds. The van der Waals surface area contributed by atoms with Crippen LogP contribution in [-0.2, 0) is 0 Å². The van der Waals surface area contributed by atoms with Crippen LogP contribution in [0, 0.1) is 5.41 Å². The van der Waals surface area contributed by atoms with Crippen LogP contribution in [0.1, 0.15) is 30.6 Å². The molecule has 0 unspecified atom stereocenters. The van der Waals surface area contributed by atoms with E-state index < -0.39 is 0 Å². The number of allylic oxidation sites excluding steroid dienone is 3. The van der Waals surface area contributed by atoms with Crippen LogP contribution in [0.2, 0.25) is 0 Å². The van der Waals surface area contributed by atoms with E-state index >= 15 is 0 Å². The van der Waals surface area contributed by atoms with Crippen LogP contribution in [0.4, 0.5) is 0 Å². The van der Waals surface area contributed by atoms with Crippen LogP contribution in [0.15, 0.2) is 53.8 Å². The highest BCUT2D eigenvalue weighted by Gasteiger charge is 2.25. The van der Waals surface area contributed by atoms with Gasteiger partial charge in [0.15, 0.2) is 5.78 Å². The summed E-state index contributed by atoms with van der Waals surface area (Å²) in [5, 5.41) is 9.80. The van der Waals surface area contributed by atoms with Crippen molar-refractivity contribution in [3.8, 4) is 0 Å². The summed E-state index contributed by atoms with van der Waals surface area (Å²) in [4.78, 5) is 12.2. The first-order valence-corrected chi connectivity index (χ1v) is 5.72. The lowest BCUT2D eigenvalue weighted by atomic mass is 9.81. The number of hydrogen-bond acceptors (Lipinski definition) is 2. The Morgan fingerprint density at radius 2 is 1.88 bits per heavy atom. The first-order chi connectivity index (χ1) is 7.99. The van der Waals surface area contributed by atoms with Crippen LogP contribution >= 0.6 is 0 Å².